The van der Waals surface area contributed by atoms with E-state index in [0.717, 1.165) is 5.69 Å². The minimum atomic E-state index is -1.16. The third kappa shape index (κ3) is 2.68. The Bertz CT molecular complexity index is 738. The van der Waals surface area contributed by atoms with E-state index in [0.29, 0.717) is 5.56 Å². The first-order valence-corrected chi connectivity index (χ1v) is 6.76. The molecule has 3 nitrogen and oxygen atoms in total. The van der Waals surface area contributed by atoms with E-state index in [9.17, 15) is 9.50 Å². The lowest BCUT2D eigenvalue weighted by molar-refractivity contribution is 0.215. The van der Waals surface area contributed by atoms with Gasteiger partial charge < -0.3 is 5.11 Å². The van der Waals surface area contributed by atoms with Gasteiger partial charge in [0.15, 0.2) is 0 Å². The Morgan fingerprint density at radius 1 is 1.10 bits per heavy atom. The van der Waals surface area contributed by atoms with Crippen LogP contribution in [0.15, 0.2) is 60.9 Å². The fourth-order valence-corrected chi connectivity index (χ4v) is 2.40. The van der Waals surface area contributed by atoms with Crippen molar-refractivity contribution in [1.29, 1.82) is 0 Å². The Hall–Kier alpha value is -2.17. The number of aliphatic hydroxyl groups excluding tert-OH is 1. The summed E-state index contributed by atoms with van der Waals surface area (Å²) in [5, 5.41) is 14.7. The highest BCUT2D eigenvalue weighted by Crippen LogP contribution is 2.30. The van der Waals surface area contributed by atoms with Gasteiger partial charge in [0.2, 0.25) is 0 Å². The molecule has 0 saturated carbocycles. The summed E-state index contributed by atoms with van der Waals surface area (Å²) in [5.41, 5.74) is 1.40. The van der Waals surface area contributed by atoms with E-state index in [-0.39, 0.29) is 10.6 Å². The van der Waals surface area contributed by atoms with Crippen molar-refractivity contribution < 1.29 is 9.50 Å². The first-order valence-electron chi connectivity index (χ1n) is 6.39. The van der Waals surface area contributed by atoms with Crippen molar-refractivity contribution >= 4 is 11.6 Å². The lowest BCUT2D eigenvalue weighted by Crippen LogP contribution is -2.02. The van der Waals surface area contributed by atoms with Gasteiger partial charge in [0, 0.05) is 22.3 Å². The molecule has 0 amide bonds. The molecule has 5 heteroatoms. The van der Waals surface area contributed by atoms with Crippen LogP contribution in [0.5, 0.6) is 0 Å². The second-order valence-corrected chi connectivity index (χ2v) is 5.00. The molecule has 1 heterocycles. The van der Waals surface area contributed by atoms with Gasteiger partial charge in [-0.1, -0.05) is 35.9 Å². The van der Waals surface area contributed by atoms with Gasteiger partial charge in [-0.25, -0.2) is 9.07 Å². The number of rotatable bonds is 3. The van der Waals surface area contributed by atoms with E-state index < -0.39 is 11.9 Å². The van der Waals surface area contributed by atoms with Crippen molar-refractivity contribution in [3.63, 3.8) is 0 Å². The minimum absolute atomic E-state index is 0.0618. The summed E-state index contributed by atoms with van der Waals surface area (Å²) in [6.45, 7) is 0. The van der Waals surface area contributed by atoms with Crippen LogP contribution < -0.4 is 0 Å². The highest BCUT2D eigenvalue weighted by Gasteiger charge is 2.20. The summed E-state index contributed by atoms with van der Waals surface area (Å²) in [6, 6.07) is 13.8. The number of para-hydroxylation sites is 1. The second-order valence-electron chi connectivity index (χ2n) is 4.59. The van der Waals surface area contributed by atoms with Crippen molar-refractivity contribution in [3.8, 4) is 5.69 Å². The lowest BCUT2D eigenvalue weighted by Gasteiger charge is -2.11. The summed E-state index contributed by atoms with van der Waals surface area (Å²) in [6.07, 6.45) is 2.00. The van der Waals surface area contributed by atoms with Crippen LogP contribution in [0.4, 0.5) is 4.39 Å². The zero-order valence-corrected chi connectivity index (χ0v) is 11.7. The maximum absolute atomic E-state index is 13.8. The van der Waals surface area contributed by atoms with Crippen LogP contribution in [0.1, 0.15) is 17.2 Å². The molecular formula is C16H12ClFN2O. The second kappa shape index (κ2) is 5.68. The summed E-state index contributed by atoms with van der Waals surface area (Å²) < 4.78 is 15.5. The molecule has 0 aliphatic carbocycles. The standard InChI is InChI=1S/C16H12ClFN2O/c17-13-7-4-8-14(18)15(13)16(21)11-9-19-20(10-11)12-5-2-1-3-6-12/h1-10,16,21H. The predicted octanol–water partition coefficient (Wildman–Crippen LogP) is 3.75. The first-order chi connectivity index (χ1) is 10.2. The van der Waals surface area contributed by atoms with Gasteiger partial charge in [-0.15, -0.1) is 0 Å². The van der Waals surface area contributed by atoms with Crippen molar-refractivity contribution in [2.45, 2.75) is 6.10 Å². The molecule has 3 aromatic rings. The van der Waals surface area contributed by atoms with Crippen LogP contribution in [0.25, 0.3) is 5.69 Å². The zero-order valence-electron chi connectivity index (χ0n) is 10.9. The number of halogens is 2. The molecular weight excluding hydrogens is 291 g/mol. The third-order valence-corrected chi connectivity index (χ3v) is 3.54. The normalized spacial score (nSPS) is 12.3. The zero-order chi connectivity index (χ0) is 14.8. The fourth-order valence-electron chi connectivity index (χ4n) is 2.14. The molecule has 0 fully saturated rings. The molecule has 0 bridgehead atoms. The Kier molecular flexibility index (Phi) is 3.73. The van der Waals surface area contributed by atoms with Gasteiger partial charge >= 0.3 is 0 Å². The number of benzene rings is 2. The number of aliphatic hydroxyl groups is 1. The maximum atomic E-state index is 13.8. The van der Waals surface area contributed by atoms with Crippen LogP contribution in [0.3, 0.4) is 0 Å². The smallest absolute Gasteiger partial charge is 0.130 e. The van der Waals surface area contributed by atoms with E-state index in [2.05, 4.69) is 5.10 Å². The molecule has 0 saturated heterocycles. The summed E-state index contributed by atoms with van der Waals surface area (Å²) >= 11 is 5.97. The lowest BCUT2D eigenvalue weighted by atomic mass is 10.0. The van der Waals surface area contributed by atoms with Gasteiger partial charge in [0.05, 0.1) is 11.9 Å². The molecule has 0 spiro atoms. The monoisotopic (exact) mass is 302 g/mol. The largest absolute Gasteiger partial charge is 0.383 e. The third-order valence-electron chi connectivity index (χ3n) is 3.21. The van der Waals surface area contributed by atoms with Crippen molar-refractivity contribution in [2.24, 2.45) is 0 Å². The topological polar surface area (TPSA) is 38.1 Å². The van der Waals surface area contributed by atoms with E-state index in [1.165, 1.54) is 18.3 Å². The van der Waals surface area contributed by atoms with Gasteiger partial charge in [-0.05, 0) is 24.3 Å². The van der Waals surface area contributed by atoms with Crippen LogP contribution in [0, 0.1) is 5.82 Å². The number of aromatic nitrogens is 2. The van der Waals surface area contributed by atoms with Crippen LogP contribution in [-0.4, -0.2) is 14.9 Å². The Morgan fingerprint density at radius 2 is 1.86 bits per heavy atom. The molecule has 2 aromatic carbocycles. The van der Waals surface area contributed by atoms with Gasteiger partial charge in [-0.2, -0.15) is 5.10 Å². The number of hydrogen-bond donors (Lipinski definition) is 1. The van der Waals surface area contributed by atoms with Crippen LogP contribution >= 0.6 is 11.6 Å². The van der Waals surface area contributed by atoms with E-state index in [4.69, 9.17) is 11.6 Å². The average molecular weight is 303 g/mol. The summed E-state index contributed by atoms with van der Waals surface area (Å²) in [4.78, 5) is 0. The molecule has 1 N–H and O–H groups in total. The molecule has 0 aliphatic heterocycles. The molecule has 1 unspecified atom stereocenters. The molecule has 1 atom stereocenters. The highest BCUT2D eigenvalue weighted by atomic mass is 35.5. The van der Waals surface area contributed by atoms with Crippen molar-refractivity contribution in [3.05, 3.63) is 82.9 Å². The quantitative estimate of drug-likeness (QED) is 0.800. The number of hydrogen-bond acceptors (Lipinski definition) is 2. The first kappa shape index (κ1) is 13.8. The van der Waals surface area contributed by atoms with E-state index >= 15 is 0 Å². The van der Waals surface area contributed by atoms with Gasteiger partial charge in [-0.3, -0.25) is 0 Å². The van der Waals surface area contributed by atoms with E-state index in [1.54, 1.807) is 16.9 Å². The Balaban J connectivity index is 1.97. The summed E-state index contributed by atoms with van der Waals surface area (Å²) in [7, 11) is 0. The Labute approximate surface area is 126 Å². The molecule has 0 aliphatic rings. The maximum Gasteiger partial charge on any atom is 0.130 e. The average Bonchev–Trinajstić information content (AvgIpc) is 2.97. The SMILES string of the molecule is OC(c1cnn(-c2ccccc2)c1)c1c(F)cccc1Cl. The summed E-state index contributed by atoms with van der Waals surface area (Å²) in [5.74, 6) is -0.539. The molecule has 106 valence electrons. The molecule has 21 heavy (non-hydrogen) atoms. The van der Waals surface area contributed by atoms with Crippen molar-refractivity contribution in [1.82, 2.24) is 9.78 Å². The minimum Gasteiger partial charge on any atom is -0.383 e. The van der Waals surface area contributed by atoms with Gasteiger partial charge in [0.1, 0.15) is 11.9 Å². The van der Waals surface area contributed by atoms with E-state index in [1.807, 2.05) is 30.3 Å². The molecule has 1 aromatic heterocycles. The van der Waals surface area contributed by atoms with Crippen molar-refractivity contribution in [2.75, 3.05) is 0 Å². The fraction of sp³-hybridized carbons (Fsp3) is 0.0625. The Morgan fingerprint density at radius 3 is 2.57 bits per heavy atom. The molecule has 3 rings (SSSR count). The van der Waals surface area contributed by atoms with Crippen LogP contribution in [-0.2, 0) is 0 Å². The highest BCUT2D eigenvalue weighted by molar-refractivity contribution is 6.31. The van der Waals surface area contributed by atoms with Crippen LogP contribution in [0.2, 0.25) is 5.02 Å². The van der Waals surface area contributed by atoms with Gasteiger partial charge in [0.25, 0.3) is 0 Å². The molecule has 0 radical (unpaired) electrons. The number of nitrogens with zero attached hydrogens (tertiary/aromatic N) is 2. The predicted molar refractivity (Wildman–Crippen MR) is 79.0 cm³/mol.